The van der Waals surface area contributed by atoms with Crippen LogP contribution in [0.1, 0.15) is 11.5 Å². The van der Waals surface area contributed by atoms with Gasteiger partial charge in [0.15, 0.2) is 0 Å². The lowest BCUT2D eigenvalue weighted by atomic mass is 10.4. The molecule has 17 heavy (non-hydrogen) atoms. The lowest BCUT2D eigenvalue weighted by Crippen LogP contribution is -1.98. The summed E-state index contributed by atoms with van der Waals surface area (Å²) in [4.78, 5) is 3.56. The second-order valence-corrected chi connectivity index (χ2v) is 4.39. The van der Waals surface area contributed by atoms with E-state index in [0.29, 0.717) is 6.54 Å². The van der Waals surface area contributed by atoms with Crippen molar-refractivity contribution in [1.29, 1.82) is 0 Å². The van der Waals surface area contributed by atoms with Crippen LogP contribution in [-0.4, -0.2) is 11.2 Å². The van der Waals surface area contributed by atoms with E-state index in [-0.39, 0.29) is 0 Å². The van der Waals surface area contributed by atoms with Crippen LogP contribution in [-0.2, 0) is 12.3 Å². The Labute approximate surface area is 103 Å². The fourth-order valence-corrected chi connectivity index (χ4v) is 1.85. The quantitative estimate of drug-likeness (QED) is 0.829. The van der Waals surface area contributed by atoms with Crippen LogP contribution in [0.5, 0.6) is 0 Å². The molecule has 0 atom stereocenters. The van der Waals surface area contributed by atoms with E-state index in [1.807, 2.05) is 18.4 Å². The monoisotopic (exact) mass is 252 g/mol. The number of pyridine rings is 1. The van der Waals surface area contributed by atoms with Crippen molar-refractivity contribution in [3.63, 3.8) is 0 Å². The van der Waals surface area contributed by atoms with Gasteiger partial charge in [0.1, 0.15) is 11.5 Å². The van der Waals surface area contributed by atoms with Crippen molar-refractivity contribution < 1.29 is 8.81 Å². The molecule has 0 aliphatic carbocycles. The van der Waals surface area contributed by atoms with E-state index >= 15 is 0 Å². The van der Waals surface area contributed by atoms with Crippen LogP contribution < -0.4 is 5.32 Å². The first kappa shape index (κ1) is 12.0. The Morgan fingerprint density at radius 1 is 1.29 bits per heavy atom. The summed E-state index contributed by atoms with van der Waals surface area (Å²) in [6, 6.07) is 6.88. The highest BCUT2D eigenvalue weighted by Gasteiger charge is 2.01. The predicted octanol–water partition coefficient (Wildman–Crippen LogP) is 3.29. The number of rotatable bonds is 5. The summed E-state index contributed by atoms with van der Waals surface area (Å²) in [5.74, 6) is 2.22. The lowest BCUT2D eigenvalue weighted by Gasteiger charge is -2.03. The van der Waals surface area contributed by atoms with E-state index < -0.39 is 5.95 Å². The second-order valence-electron chi connectivity index (χ2n) is 3.52. The van der Waals surface area contributed by atoms with Gasteiger partial charge in [-0.2, -0.15) is 16.2 Å². The molecule has 5 heteroatoms. The van der Waals surface area contributed by atoms with Crippen molar-refractivity contribution in [1.82, 2.24) is 4.98 Å². The Bertz CT molecular complexity index is 470. The van der Waals surface area contributed by atoms with Gasteiger partial charge in [-0.05, 0) is 30.5 Å². The van der Waals surface area contributed by atoms with Gasteiger partial charge in [-0.3, -0.25) is 0 Å². The highest BCUT2D eigenvalue weighted by molar-refractivity contribution is 7.97. The molecule has 0 aromatic carbocycles. The average Bonchev–Trinajstić information content (AvgIpc) is 2.77. The molecule has 2 rings (SSSR count). The smallest absolute Gasteiger partial charge is 0.212 e. The van der Waals surface area contributed by atoms with Gasteiger partial charge in [-0.15, -0.1) is 0 Å². The number of nitrogens with zero attached hydrogens (tertiary/aromatic N) is 1. The Kier molecular flexibility index (Phi) is 4.03. The molecule has 0 aliphatic rings. The molecule has 2 heterocycles. The average molecular weight is 252 g/mol. The highest BCUT2D eigenvalue weighted by atomic mass is 32.2. The van der Waals surface area contributed by atoms with E-state index in [2.05, 4.69) is 10.3 Å². The van der Waals surface area contributed by atoms with Gasteiger partial charge >= 0.3 is 0 Å². The van der Waals surface area contributed by atoms with Gasteiger partial charge in [-0.1, -0.05) is 0 Å². The van der Waals surface area contributed by atoms with Crippen molar-refractivity contribution in [2.75, 3.05) is 11.6 Å². The van der Waals surface area contributed by atoms with Crippen LogP contribution in [0.4, 0.5) is 10.1 Å². The summed E-state index contributed by atoms with van der Waals surface area (Å²) in [7, 11) is 0. The molecule has 2 aromatic heterocycles. The Hall–Kier alpha value is -1.49. The van der Waals surface area contributed by atoms with E-state index in [1.165, 1.54) is 12.3 Å². The molecule has 3 nitrogen and oxygen atoms in total. The fraction of sp³-hybridized carbons (Fsp3) is 0.250. The minimum atomic E-state index is -0.476. The Morgan fingerprint density at radius 2 is 2.12 bits per heavy atom. The third-order valence-electron chi connectivity index (χ3n) is 2.20. The molecule has 0 saturated heterocycles. The van der Waals surface area contributed by atoms with Crippen LogP contribution in [0.15, 0.2) is 34.9 Å². The SMILES string of the molecule is CSCc1ccc(CNc2ccc(F)nc2)o1. The van der Waals surface area contributed by atoms with Crippen LogP contribution >= 0.6 is 11.8 Å². The van der Waals surface area contributed by atoms with Gasteiger partial charge < -0.3 is 9.73 Å². The number of furan rings is 1. The molecule has 1 N–H and O–H groups in total. The summed E-state index contributed by atoms with van der Waals surface area (Å²) < 4.78 is 18.2. The van der Waals surface area contributed by atoms with E-state index in [0.717, 1.165) is 23.0 Å². The third kappa shape index (κ3) is 3.49. The standard InChI is InChI=1S/C12H13FN2OS/c1-17-8-11-4-3-10(16-11)7-14-9-2-5-12(13)15-6-9/h2-6,14H,7-8H2,1H3. The first-order valence-electron chi connectivity index (χ1n) is 5.20. The van der Waals surface area contributed by atoms with Gasteiger partial charge in [-0.25, -0.2) is 4.98 Å². The molecule has 0 spiro atoms. The summed E-state index contributed by atoms with van der Waals surface area (Å²) in [5.41, 5.74) is 0.772. The zero-order valence-electron chi connectivity index (χ0n) is 9.44. The molecule has 0 fully saturated rings. The maximum Gasteiger partial charge on any atom is 0.212 e. The number of hydrogen-bond donors (Lipinski definition) is 1. The topological polar surface area (TPSA) is 38.1 Å². The highest BCUT2D eigenvalue weighted by Crippen LogP contribution is 2.15. The van der Waals surface area contributed by atoms with E-state index in [1.54, 1.807) is 17.8 Å². The summed E-state index contributed by atoms with van der Waals surface area (Å²) in [6.07, 6.45) is 3.49. The number of halogens is 1. The van der Waals surface area contributed by atoms with E-state index in [9.17, 15) is 4.39 Å². The van der Waals surface area contributed by atoms with Crippen LogP contribution in [0.3, 0.4) is 0 Å². The minimum absolute atomic E-state index is 0.476. The third-order valence-corrected chi connectivity index (χ3v) is 2.77. The van der Waals surface area contributed by atoms with E-state index in [4.69, 9.17) is 4.42 Å². The van der Waals surface area contributed by atoms with Crippen molar-refractivity contribution in [2.24, 2.45) is 0 Å². The van der Waals surface area contributed by atoms with Gasteiger partial charge in [0.05, 0.1) is 24.2 Å². The molecular formula is C12H13FN2OS. The normalized spacial score (nSPS) is 10.5. The zero-order chi connectivity index (χ0) is 12.1. The van der Waals surface area contributed by atoms with Gasteiger partial charge in [0, 0.05) is 0 Å². The first-order valence-corrected chi connectivity index (χ1v) is 6.59. The number of hydrogen-bond acceptors (Lipinski definition) is 4. The van der Waals surface area contributed by atoms with Crippen molar-refractivity contribution in [2.45, 2.75) is 12.3 Å². The van der Waals surface area contributed by atoms with Crippen LogP contribution in [0, 0.1) is 5.95 Å². The summed E-state index contributed by atoms with van der Waals surface area (Å²) in [5, 5.41) is 3.11. The zero-order valence-corrected chi connectivity index (χ0v) is 10.3. The molecule has 0 saturated carbocycles. The van der Waals surface area contributed by atoms with Crippen LogP contribution in [0.2, 0.25) is 0 Å². The molecule has 0 unspecified atom stereocenters. The minimum Gasteiger partial charge on any atom is -0.463 e. The maximum absolute atomic E-state index is 12.6. The molecule has 0 amide bonds. The fourth-order valence-electron chi connectivity index (χ4n) is 1.41. The largest absolute Gasteiger partial charge is 0.463 e. The Balaban J connectivity index is 1.90. The van der Waals surface area contributed by atoms with Gasteiger partial charge in [0.25, 0.3) is 0 Å². The summed E-state index contributed by atoms with van der Waals surface area (Å²) in [6.45, 7) is 0.571. The first-order chi connectivity index (χ1) is 8.28. The molecular weight excluding hydrogens is 239 g/mol. The molecule has 0 bridgehead atoms. The van der Waals surface area contributed by atoms with Crippen molar-refractivity contribution in [3.8, 4) is 0 Å². The summed E-state index contributed by atoms with van der Waals surface area (Å²) >= 11 is 1.72. The molecule has 90 valence electrons. The lowest BCUT2D eigenvalue weighted by molar-refractivity contribution is 0.487. The number of nitrogens with one attached hydrogen (secondary N) is 1. The number of thioether (sulfide) groups is 1. The molecule has 0 aliphatic heterocycles. The number of anilines is 1. The van der Waals surface area contributed by atoms with Crippen molar-refractivity contribution in [3.05, 3.63) is 47.9 Å². The van der Waals surface area contributed by atoms with Crippen molar-refractivity contribution >= 4 is 17.4 Å². The molecule has 0 radical (unpaired) electrons. The predicted molar refractivity (Wildman–Crippen MR) is 67.4 cm³/mol. The molecule has 2 aromatic rings. The van der Waals surface area contributed by atoms with Crippen LogP contribution in [0.25, 0.3) is 0 Å². The Morgan fingerprint density at radius 3 is 2.82 bits per heavy atom. The number of aromatic nitrogens is 1. The van der Waals surface area contributed by atoms with Gasteiger partial charge in [0.2, 0.25) is 5.95 Å². The maximum atomic E-state index is 12.6. The second kappa shape index (κ2) is 5.72.